The first-order valence-corrected chi connectivity index (χ1v) is 7.21. The van der Waals surface area contributed by atoms with Crippen LogP contribution in [0.25, 0.3) is 0 Å². The van der Waals surface area contributed by atoms with Gasteiger partial charge in [-0.05, 0) is 39.7 Å². The van der Waals surface area contributed by atoms with Gasteiger partial charge < -0.3 is 10.4 Å². The number of anilines is 1. The molecule has 0 aliphatic carbocycles. The van der Waals surface area contributed by atoms with E-state index >= 15 is 0 Å². The van der Waals surface area contributed by atoms with Crippen LogP contribution in [0, 0.1) is 5.92 Å². The Morgan fingerprint density at radius 1 is 1.55 bits per heavy atom. The minimum absolute atomic E-state index is 0.0290. The van der Waals surface area contributed by atoms with Crippen molar-refractivity contribution in [3.8, 4) is 0 Å². The highest BCUT2D eigenvalue weighted by Gasteiger charge is 2.27. The molecule has 0 radical (unpaired) electrons. The van der Waals surface area contributed by atoms with E-state index in [2.05, 4.69) is 15.3 Å². The topological polar surface area (TPSA) is 70.4 Å². The van der Waals surface area contributed by atoms with Crippen LogP contribution in [0.15, 0.2) is 12.3 Å². The Kier molecular flexibility index (Phi) is 4.77. The second-order valence-electron chi connectivity index (χ2n) is 5.83. The van der Waals surface area contributed by atoms with Gasteiger partial charge in [0.2, 0.25) is 5.91 Å². The summed E-state index contributed by atoms with van der Waals surface area (Å²) in [5.74, 6) is 0.985. The first-order valence-electron chi connectivity index (χ1n) is 7.21. The largest absolute Gasteiger partial charge is 0.393 e. The Balaban J connectivity index is 1.86. The second-order valence-corrected chi connectivity index (χ2v) is 5.83. The predicted molar refractivity (Wildman–Crippen MR) is 77.5 cm³/mol. The van der Waals surface area contributed by atoms with Crippen molar-refractivity contribution in [3.63, 3.8) is 0 Å². The zero-order valence-corrected chi connectivity index (χ0v) is 12.4. The van der Waals surface area contributed by atoms with E-state index in [0.717, 1.165) is 25.3 Å². The Bertz CT molecular complexity index is 456. The maximum Gasteiger partial charge on any atom is 0.239 e. The molecule has 2 atom stereocenters. The zero-order valence-electron chi connectivity index (χ0n) is 12.4. The van der Waals surface area contributed by atoms with Gasteiger partial charge in [0.1, 0.15) is 5.82 Å². The number of aliphatic hydroxyl groups is 1. The van der Waals surface area contributed by atoms with Crippen molar-refractivity contribution in [2.24, 2.45) is 5.92 Å². The lowest BCUT2D eigenvalue weighted by Crippen LogP contribution is -2.33. The molecule has 1 saturated heterocycles. The summed E-state index contributed by atoms with van der Waals surface area (Å²) in [4.78, 5) is 14.1. The second kappa shape index (κ2) is 6.37. The van der Waals surface area contributed by atoms with Crippen LogP contribution in [-0.2, 0) is 4.79 Å². The van der Waals surface area contributed by atoms with Crippen LogP contribution in [0.5, 0.6) is 0 Å². The molecule has 112 valence electrons. The Morgan fingerprint density at radius 2 is 2.30 bits per heavy atom. The summed E-state index contributed by atoms with van der Waals surface area (Å²) in [6, 6.07) is 2.02. The lowest BCUT2D eigenvalue weighted by Gasteiger charge is -2.17. The number of amides is 1. The zero-order chi connectivity index (χ0) is 14.7. The molecule has 6 heteroatoms. The Morgan fingerprint density at radius 3 is 2.90 bits per heavy atom. The van der Waals surface area contributed by atoms with Crippen molar-refractivity contribution in [2.75, 3.05) is 25.0 Å². The highest BCUT2D eigenvalue weighted by Crippen LogP contribution is 2.19. The maximum atomic E-state index is 12.1. The van der Waals surface area contributed by atoms with Gasteiger partial charge in [-0.15, -0.1) is 0 Å². The number of hydrogen-bond donors (Lipinski definition) is 2. The molecular weight excluding hydrogens is 256 g/mol. The predicted octanol–water partition coefficient (Wildman–Crippen LogP) is 1.11. The number of nitrogens with one attached hydrogen (secondary N) is 1. The number of nitrogens with zero attached hydrogens (tertiary/aromatic N) is 3. The molecule has 0 aromatic carbocycles. The fourth-order valence-corrected chi connectivity index (χ4v) is 2.61. The van der Waals surface area contributed by atoms with Gasteiger partial charge in [-0.2, -0.15) is 5.10 Å². The summed E-state index contributed by atoms with van der Waals surface area (Å²) < 4.78 is 1.79. The lowest BCUT2D eigenvalue weighted by atomic mass is 10.0. The smallest absolute Gasteiger partial charge is 0.239 e. The Labute approximate surface area is 119 Å². The van der Waals surface area contributed by atoms with E-state index in [1.807, 2.05) is 20.8 Å². The molecule has 1 amide bonds. The molecule has 1 fully saturated rings. The monoisotopic (exact) mass is 280 g/mol. The average molecular weight is 280 g/mol. The standard InChI is InChI=1S/C14H24N4O2/c1-10(2)18-13(4-6-15-18)16-14(20)9-17-7-5-12(8-17)11(3)19/h4,6,10-12,19H,5,7-9H2,1-3H3,(H,16,20). The van der Waals surface area contributed by atoms with Crippen LogP contribution < -0.4 is 5.32 Å². The molecule has 1 aliphatic rings. The molecule has 1 aliphatic heterocycles. The van der Waals surface area contributed by atoms with Gasteiger partial charge in [0.25, 0.3) is 0 Å². The van der Waals surface area contributed by atoms with Gasteiger partial charge in [-0.1, -0.05) is 0 Å². The maximum absolute atomic E-state index is 12.1. The number of hydrogen-bond acceptors (Lipinski definition) is 4. The van der Waals surface area contributed by atoms with Crippen molar-refractivity contribution in [3.05, 3.63) is 12.3 Å². The van der Waals surface area contributed by atoms with Crippen molar-refractivity contribution in [1.82, 2.24) is 14.7 Å². The molecule has 0 spiro atoms. The van der Waals surface area contributed by atoms with E-state index in [1.54, 1.807) is 16.9 Å². The van der Waals surface area contributed by atoms with Gasteiger partial charge in [0.05, 0.1) is 18.8 Å². The number of carbonyl (C=O) groups excluding carboxylic acids is 1. The third-order valence-electron chi connectivity index (χ3n) is 3.79. The molecule has 0 saturated carbocycles. The van der Waals surface area contributed by atoms with E-state index in [0.29, 0.717) is 6.54 Å². The molecule has 1 aromatic heterocycles. The normalized spacial score (nSPS) is 21.4. The molecule has 0 bridgehead atoms. The number of rotatable bonds is 5. The SMILES string of the molecule is CC(O)C1CCN(CC(=O)Nc2ccnn2C(C)C)C1. The van der Waals surface area contributed by atoms with Crippen molar-refractivity contribution >= 4 is 11.7 Å². The van der Waals surface area contributed by atoms with Crippen LogP contribution in [0.4, 0.5) is 5.82 Å². The molecule has 2 rings (SSSR count). The van der Waals surface area contributed by atoms with Crippen LogP contribution >= 0.6 is 0 Å². The van der Waals surface area contributed by atoms with E-state index in [-0.39, 0.29) is 24.0 Å². The summed E-state index contributed by atoms with van der Waals surface area (Å²) in [7, 11) is 0. The first kappa shape index (κ1) is 15.0. The van der Waals surface area contributed by atoms with Crippen LogP contribution in [0.1, 0.15) is 33.2 Å². The molecule has 2 unspecified atom stereocenters. The fourth-order valence-electron chi connectivity index (χ4n) is 2.61. The van der Waals surface area contributed by atoms with Crippen molar-refractivity contribution in [1.29, 1.82) is 0 Å². The van der Waals surface area contributed by atoms with E-state index < -0.39 is 0 Å². The molecule has 6 nitrogen and oxygen atoms in total. The highest BCUT2D eigenvalue weighted by molar-refractivity contribution is 5.91. The summed E-state index contributed by atoms with van der Waals surface area (Å²) in [6.07, 6.45) is 2.34. The quantitative estimate of drug-likeness (QED) is 0.847. The summed E-state index contributed by atoms with van der Waals surface area (Å²) >= 11 is 0. The molecule has 20 heavy (non-hydrogen) atoms. The summed E-state index contributed by atoms with van der Waals surface area (Å²) in [6.45, 7) is 7.88. The number of aliphatic hydroxyl groups excluding tert-OH is 1. The number of aromatic nitrogens is 2. The average Bonchev–Trinajstić information content (AvgIpc) is 2.97. The van der Waals surface area contributed by atoms with Crippen LogP contribution in [0.3, 0.4) is 0 Å². The summed E-state index contributed by atoms with van der Waals surface area (Å²) in [5, 5.41) is 16.7. The molecule has 2 heterocycles. The first-order chi connectivity index (χ1) is 9.47. The van der Waals surface area contributed by atoms with Gasteiger partial charge in [0, 0.05) is 18.7 Å². The summed E-state index contributed by atoms with van der Waals surface area (Å²) in [5.41, 5.74) is 0. The highest BCUT2D eigenvalue weighted by atomic mass is 16.3. The van der Waals surface area contributed by atoms with E-state index in [1.165, 1.54) is 0 Å². The van der Waals surface area contributed by atoms with Gasteiger partial charge in [0.15, 0.2) is 0 Å². The fraction of sp³-hybridized carbons (Fsp3) is 0.714. The van der Waals surface area contributed by atoms with Gasteiger partial charge >= 0.3 is 0 Å². The number of likely N-dealkylation sites (tertiary alicyclic amines) is 1. The minimum Gasteiger partial charge on any atom is -0.393 e. The van der Waals surface area contributed by atoms with Crippen molar-refractivity contribution < 1.29 is 9.90 Å². The number of carbonyl (C=O) groups is 1. The lowest BCUT2D eigenvalue weighted by molar-refractivity contribution is -0.117. The third kappa shape index (κ3) is 3.58. The van der Waals surface area contributed by atoms with Crippen LogP contribution in [-0.4, -0.2) is 51.4 Å². The Hall–Kier alpha value is -1.40. The van der Waals surface area contributed by atoms with Crippen LogP contribution in [0.2, 0.25) is 0 Å². The molecular formula is C14H24N4O2. The minimum atomic E-state index is -0.301. The molecule has 2 N–H and O–H groups in total. The van der Waals surface area contributed by atoms with Gasteiger partial charge in [-0.25, -0.2) is 4.68 Å². The van der Waals surface area contributed by atoms with E-state index in [4.69, 9.17) is 0 Å². The van der Waals surface area contributed by atoms with E-state index in [9.17, 15) is 9.90 Å². The van der Waals surface area contributed by atoms with Crippen molar-refractivity contribution in [2.45, 2.75) is 39.3 Å². The van der Waals surface area contributed by atoms with Gasteiger partial charge in [-0.3, -0.25) is 9.69 Å². The molecule has 1 aromatic rings. The third-order valence-corrected chi connectivity index (χ3v) is 3.79.